The number of sulfone groups is 1. The summed E-state index contributed by atoms with van der Waals surface area (Å²) in [5.74, 6) is -0.185. The Balaban J connectivity index is 2.15. The first-order chi connectivity index (χ1) is 8.39. The number of carbonyl (C=O) groups is 1. The van der Waals surface area contributed by atoms with Crippen molar-refractivity contribution in [1.29, 1.82) is 0 Å². The van der Waals surface area contributed by atoms with Gasteiger partial charge in [0.1, 0.15) is 0 Å². The summed E-state index contributed by atoms with van der Waals surface area (Å²) in [7, 11) is -2.99. The van der Waals surface area contributed by atoms with Crippen LogP contribution in [0.15, 0.2) is 18.2 Å². The van der Waals surface area contributed by atoms with Crippen molar-refractivity contribution in [3.8, 4) is 0 Å². The lowest BCUT2D eigenvalue weighted by molar-refractivity contribution is 0.0770. The second kappa shape index (κ2) is 4.78. The van der Waals surface area contributed by atoms with Crippen molar-refractivity contribution < 1.29 is 13.2 Å². The van der Waals surface area contributed by atoms with Crippen molar-refractivity contribution in [3.05, 3.63) is 28.8 Å². The van der Waals surface area contributed by atoms with E-state index in [1.165, 1.54) is 11.0 Å². The Hall–Kier alpha value is -1.27. The van der Waals surface area contributed by atoms with Crippen molar-refractivity contribution >= 4 is 33.0 Å². The molecule has 1 saturated heterocycles. The fourth-order valence-electron chi connectivity index (χ4n) is 1.76. The number of nitrogen functional groups attached to an aromatic ring is 1. The molecule has 1 aliphatic heterocycles. The Bertz CT molecular complexity index is 572. The van der Waals surface area contributed by atoms with Crippen LogP contribution in [0.4, 0.5) is 5.69 Å². The molecular formula is C11H13ClN2O3S. The molecule has 1 aromatic carbocycles. The summed E-state index contributed by atoms with van der Waals surface area (Å²) in [6.07, 6.45) is 0. The van der Waals surface area contributed by atoms with Crippen LogP contribution in [-0.4, -0.2) is 43.8 Å². The fraction of sp³-hybridized carbons (Fsp3) is 0.364. The Morgan fingerprint density at radius 3 is 2.44 bits per heavy atom. The molecule has 1 amide bonds. The predicted octanol–water partition coefficient (Wildman–Crippen LogP) is 0.793. The summed E-state index contributed by atoms with van der Waals surface area (Å²) in [5, 5.41) is 0.325. The molecule has 1 fully saturated rings. The summed E-state index contributed by atoms with van der Waals surface area (Å²) in [6, 6.07) is 4.66. The molecule has 0 saturated carbocycles. The molecule has 1 heterocycles. The maximum Gasteiger partial charge on any atom is 0.253 e. The number of amides is 1. The van der Waals surface area contributed by atoms with Gasteiger partial charge in [-0.15, -0.1) is 0 Å². The van der Waals surface area contributed by atoms with Crippen LogP contribution in [-0.2, 0) is 9.84 Å². The molecule has 2 rings (SSSR count). The Labute approximate surface area is 110 Å². The third-order valence-electron chi connectivity index (χ3n) is 2.88. The molecule has 1 aliphatic rings. The zero-order valence-corrected chi connectivity index (χ0v) is 11.2. The molecule has 0 bridgehead atoms. The van der Waals surface area contributed by atoms with Crippen molar-refractivity contribution in [2.75, 3.05) is 30.3 Å². The molecule has 0 radical (unpaired) electrons. The van der Waals surface area contributed by atoms with Crippen LogP contribution >= 0.6 is 11.6 Å². The average Bonchev–Trinajstić information content (AvgIpc) is 2.32. The highest BCUT2D eigenvalue weighted by molar-refractivity contribution is 7.91. The van der Waals surface area contributed by atoms with Crippen LogP contribution in [0.25, 0.3) is 0 Å². The van der Waals surface area contributed by atoms with E-state index in [0.29, 0.717) is 16.3 Å². The van der Waals surface area contributed by atoms with E-state index in [-0.39, 0.29) is 30.5 Å². The first kappa shape index (κ1) is 13.2. The van der Waals surface area contributed by atoms with E-state index in [2.05, 4.69) is 0 Å². The molecule has 18 heavy (non-hydrogen) atoms. The van der Waals surface area contributed by atoms with Crippen LogP contribution in [0, 0.1) is 0 Å². The number of nitrogens with zero attached hydrogens (tertiary/aromatic N) is 1. The minimum absolute atomic E-state index is 0.0153. The molecule has 98 valence electrons. The number of hydrogen-bond acceptors (Lipinski definition) is 4. The van der Waals surface area contributed by atoms with Crippen molar-refractivity contribution in [2.45, 2.75) is 0 Å². The van der Waals surface area contributed by atoms with Crippen molar-refractivity contribution in [2.24, 2.45) is 0 Å². The van der Waals surface area contributed by atoms with E-state index in [1.807, 2.05) is 0 Å². The number of halogens is 1. The molecule has 0 unspecified atom stereocenters. The highest BCUT2D eigenvalue weighted by atomic mass is 35.5. The molecule has 0 aliphatic carbocycles. The molecule has 0 spiro atoms. The van der Waals surface area contributed by atoms with Gasteiger partial charge in [0, 0.05) is 18.7 Å². The number of nitrogens with two attached hydrogens (primary N) is 1. The second-order valence-corrected chi connectivity index (χ2v) is 6.89. The highest BCUT2D eigenvalue weighted by Gasteiger charge is 2.25. The number of anilines is 1. The lowest BCUT2D eigenvalue weighted by atomic mass is 10.2. The third kappa shape index (κ3) is 2.76. The molecule has 2 N–H and O–H groups in total. The van der Waals surface area contributed by atoms with Gasteiger partial charge < -0.3 is 10.6 Å². The summed E-state index contributed by atoms with van der Waals surface area (Å²) in [6.45, 7) is 0.451. The molecule has 5 nitrogen and oxygen atoms in total. The van der Waals surface area contributed by atoms with Gasteiger partial charge in [0.2, 0.25) is 0 Å². The summed E-state index contributed by atoms with van der Waals surface area (Å²) in [4.78, 5) is 13.6. The van der Waals surface area contributed by atoms with E-state index >= 15 is 0 Å². The van der Waals surface area contributed by atoms with Crippen molar-refractivity contribution in [3.63, 3.8) is 0 Å². The molecule has 0 atom stereocenters. The summed E-state index contributed by atoms with van der Waals surface area (Å²) < 4.78 is 22.6. The quantitative estimate of drug-likeness (QED) is 0.775. The monoisotopic (exact) mass is 288 g/mol. The lowest BCUT2D eigenvalue weighted by Crippen LogP contribution is -2.43. The fourth-order valence-corrected chi connectivity index (χ4v) is 3.14. The standard InChI is InChI=1S/C11H13ClN2O3S/c12-9-7-8(1-2-10(9)13)11(15)14-3-5-18(16,17)6-4-14/h1-2,7H,3-6,13H2. The average molecular weight is 289 g/mol. The van der Waals surface area contributed by atoms with E-state index in [1.54, 1.807) is 12.1 Å². The molecule has 7 heteroatoms. The summed E-state index contributed by atoms with van der Waals surface area (Å²) >= 11 is 5.85. The SMILES string of the molecule is Nc1ccc(C(=O)N2CCS(=O)(=O)CC2)cc1Cl. The lowest BCUT2D eigenvalue weighted by Gasteiger charge is -2.26. The minimum atomic E-state index is -2.99. The Morgan fingerprint density at radius 2 is 1.89 bits per heavy atom. The predicted molar refractivity (Wildman–Crippen MR) is 70.4 cm³/mol. The van der Waals surface area contributed by atoms with E-state index in [0.717, 1.165) is 0 Å². The van der Waals surface area contributed by atoms with Gasteiger partial charge in [-0.1, -0.05) is 11.6 Å². The zero-order valence-electron chi connectivity index (χ0n) is 9.60. The van der Waals surface area contributed by atoms with Crippen LogP contribution in [0.1, 0.15) is 10.4 Å². The van der Waals surface area contributed by atoms with Crippen molar-refractivity contribution in [1.82, 2.24) is 4.90 Å². The number of carbonyl (C=O) groups excluding carboxylic acids is 1. The first-order valence-electron chi connectivity index (χ1n) is 5.44. The maximum atomic E-state index is 12.1. The topological polar surface area (TPSA) is 80.5 Å². The van der Waals surface area contributed by atoms with Gasteiger partial charge in [-0.25, -0.2) is 8.42 Å². The number of hydrogen-bond donors (Lipinski definition) is 1. The van der Waals surface area contributed by atoms with Crippen LogP contribution in [0.2, 0.25) is 5.02 Å². The van der Waals surface area contributed by atoms with Gasteiger partial charge in [0.25, 0.3) is 5.91 Å². The summed E-state index contributed by atoms with van der Waals surface area (Å²) in [5.41, 5.74) is 6.40. The molecule has 0 aromatic heterocycles. The highest BCUT2D eigenvalue weighted by Crippen LogP contribution is 2.21. The molecular weight excluding hydrogens is 276 g/mol. The normalized spacial score (nSPS) is 18.6. The minimum Gasteiger partial charge on any atom is -0.398 e. The van der Waals surface area contributed by atoms with Gasteiger partial charge in [-0.3, -0.25) is 4.79 Å². The smallest absolute Gasteiger partial charge is 0.253 e. The van der Waals surface area contributed by atoms with Gasteiger partial charge >= 0.3 is 0 Å². The second-order valence-electron chi connectivity index (χ2n) is 4.18. The van der Waals surface area contributed by atoms with Gasteiger partial charge in [-0.05, 0) is 18.2 Å². The van der Waals surface area contributed by atoms with Gasteiger partial charge in [-0.2, -0.15) is 0 Å². The van der Waals surface area contributed by atoms with Gasteiger partial charge in [0.05, 0.1) is 22.2 Å². The third-order valence-corrected chi connectivity index (χ3v) is 4.82. The zero-order chi connectivity index (χ0) is 13.3. The number of rotatable bonds is 1. The van der Waals surface area contributed by atoms with Crippen LogP contribution in [0.5, 0.6) is 0 Å². The Morgan fingerprint density at radius 1 is 1.28 bits per heavy atom. The van der Waals surface area contributed by atoms with E-state index in [4.69, 9.17) is 17.3 Å². The first-order valence-corrected chi connectivity index (χ1v) is 7.64. The van der Waals surface area contributed by atoms with E-state index in [9.17, 15) is 13.2 Å². The maximum absolute atomic E-state index is 12.1. The van der Waals surface area contributed by atoms with Crippen LogP contribution < -0.4 is 5.73 Å². The van der Waals surface area contributed by atoms with Gasteiger partial charge in [0.15, 0.2) is 9.84 Å². The Kier molecular flexibility index (Phi) is 3.49. The largest absolute Gasteiger partial charge is 0.398 e. The number of benzene rings is 1. The van der Waals surface area contributed by atoms with E-state index < -0.39 is 9.84 Å². The van der Waals surface area contributed by atoms with Crippen LogP contribution in [0.3, 0.4) is 0 Å². The molecule has 1 aromatic rings.